The molecule has 2 aromatic rings. The number of anilines is 1. The zero-order valence-electron chi connectivity index (χ0n) is 12.8. The highest BCUT2D eigenvalue weighted by Gasteiger charge is 2.11. The second-order valence-corrected chi connectivity index (χ2v) is 5.40. The number of hydrogen-bond donors (Lipinski definition) is 1. The van der Waals surface area contributed by atoms with E-state index in [1.807, 2.05) is 32.0 Å². The van der Waals surface area contributed by atoms with Gasteiger partial charge in [0.05, 0.1) is 11.3 Å². The molecule has 0 atom stereocenters. The Morgan fingerprint density at radius 1 is 1.05 bits per heavy atom. The summed E-state index contributed by atoms with van der Waals surface area (Å²) in [5, 5.41) is 13.5. The van der Waals surface area contributed by atoms with Crippen molar-refractivity contribution >= 4 is 17.3 Å². The van der Waals surface area contributed by atoms with Crippen molar-refractivity contribution in [2.45, 2.75) is 27.2 Å². The first kappa shape index (κ1) is 15.7. The molecule has 5 nitrogen and oxygen atoms in total. The number of nitro groups is 1. The number of nitrogens with zero attached hydrogens (tertiary/aromatic N) is 1. The number of aryl methyl sites for hydroxylation is 3. The maximum Gasteiger partial charge on any atom is 0.269 e. The van der Waals surface area contributed by atoms with Crippen molar-refractivity contribution in [2.24, 2.45) is 0 Å². The summed E-state index contributed by atoms with van der Waals surface area (Å²) >= 11 is 0. The Labute approximate surface area is 129 Å². The van der Waals surface area contributed by atoms with E-state index in [0.29, 0.717) is 11.3 Å². The van der Waals surface area contributed by atoms with Crippen molar-refractivity contribution in [3.05, 3.63) is 68.8 Å². The van der Waals surface area contributed by atoms with Crippen LogP contribution < -0.4 is 5.32 Å². The molecule has 0 fully saturated rings. The molecule has 0 unspecified atom stereocenters. The highest BCUT2D eigenvalue weighted by molar-refractivity contribution is 5.93. The lowest BCUT2D eigenvalue weighted by Crippen LogP contribution is -2.15. The molecule has 0 bridgehead atoms. The highest BCUT2D eigenvalue weighted by Crippen LogP contribution is 2.21. The number of carbonyl (C=O) groups excluding carboxylic acids is 1. The van der Waals surface area contributed by atoms with Crippen molar-refractivity contribution in [1.29, 1.82) is 0 Å². The Morgan fingerprint density at radius 3 is 2.36 bits per heavy atom. The Bertz CT molecular complexity index is 739. The van der Waals surface area contributed by atoms with E-state index in [1.54, 1.807) is 13.0 Å². The molecule has 2 rings (SSSR count). The van der Waals surface area contributed by atoms with Crippen LogP contribution in [0.25, 0.3) is 0 Å². The molecule has 2 aromatic carbocycles. The average molecular weight is 298 g/mol. The lowest BCUT2D eigenvalue weighted by Gasteiger charge is -2.09. The zero-order valence-corrected chi connectivity index (χ0v) is 12.8. The van der Waals surface area contributed by atoms with Crippen molar-refractivity contribution in [3.8, 4) is 0 Å². The summed E-state index contributed by atoms with van der Waals surface area (Å²) < 4.78 is 0. The lowest BCUT2D eigenvalue weighted by molar-refractivity contribution is -0.384. The van der Waals surface area contributed by atoms with Crippen LogP contribution in [0.4, 0.5) is 11.4 Å². The van der Waals surface area contributed by atoms with Crippen molar-refractivity contribution in [2.75, 3.05) is 5.32 Å². The van der Waals surface area contributed by atoms with Gasteiger partial charge in [-0.2, -0.15) is 0 Å². The molecule has 0 saturated carbocycles. The number of rotatable bonds is 4. The minimum atomic E-state index is -0.451. The molecular weight excluding hydrogens is 280 g/mol. The monoisotopic (exact) mass is 298 g/mol. The van der Waals surface area contributed by atoms with Gasteiger partial charge in [0, 0.05) is 17.8 Å². The van der Waals surface area contributed by atoms with Gasteiger partial charge in [0.2, 0.25) is 5.91 Å². The van der Waals surface area contributed by atoms with E-state index in [2.05, 4.69) is 5.32 Å². The van der Waals surface area contributed by atoms with Crippen LogP contribution in [0.15, 0.2) is 36.4 Å². The first-order chi connectivity index (χ1) is 10.4. The van der Waals surface area contributed by atoms with Crippen LogP contribution in [0, 0.1) is 30.9 Å². The second kappa shape index (κ2) is 6.39. The van der Waals surface area contributed by atoms with Gasteiger partial charge in [-0.25, -0.2) is 0 Å². The molecule has 0 aliphatic carbocycles. The van der Waals surface area contributed by atoms with Crippen LogP contribution in [-0.4, -0.2) is 10.8 Å². The molecule has 0 saturated heterocycles. The normalized spacial score (nSPS) is 10.3. The summed E-state index contributed by atoms with van der Waals surface area (Å²) in [6.45, 7) is 5.77. The lowest BCUT2D eigenvalue weighted by atomic mass is 10.0. The van der Waals surface area contributed by atoms with Gasteiger partial charge >= 0.3 is 0 Å². The Morgan fingerprint density at radius 2 is 1.77 bits per heavy atom. The molecule has 0 heterocycles. The topological polar surface area (TPSA) is 72.2 Å². The van der Waals surface area contributed by atoms with E-state index in [-0.39, 0.29) is 18.0 Å². The zero-order chi connectivity index (χ0) is 16.3. The molecule has 0 aliphatic rings. The molecule has 1 N–H and O–H groups in total. The third-order valence-corrected chi connectivity index (χ3v) is 3.63. The largest absolute Gasteiger partial charge is 0.326 e. The van der Waals surface area contributed by atoms with E-state index < -0.39 is 4.92 Å². The Balaban J connectivity index is 2.08. The minimum Gasteiger partial charge on any atom is -0.326 e. The molecule has 0 aliphatic heterocycles. The van der Waals surface area contributed by atoms with Gasteiger partial charge in [0.1, 0.15) is 0 Å². The van der Waals surface area contributed by atoms with E-state index in [0.717, 1.165) is 11.1 Å². The molecule has 0 radical (unpaired) electrons. The highest BCUT2D eigenvalue weighted by atomic mass is 16.6. The third kappa shape index (κ3) is 3.69. The maximum atomic E-state index is 12.1. The van der Waals surface area contributed by atoms with Crippen LogP contribution in [-0.2, 0) is 11.2 Å². The predicted molar refractivity (Wildman–Crippen MR) is 86.1 cm³/mol. The first-order valence-electron chi connectivity index (χ1n) is 6.98. The van der Waals surface area contributed by atoms with Gasteiger partial charge in [0.15, 0.2) is 0 Å². The molecule has 0 aromatic heterocycles. The summed E-state index contributed by atoms with van der Waals surface area (Å²) in [4.78, 5) is 22.4. The third-order valence-electron chi connectivity index (χ3n) is 3.63. The van der Waals surface area contributed by atoms with E-state index in [4.69, 9.17) is 0 Å². The molecule has 0 spiro atoms. The van der Waals surface area contributed by atoms with Gasteiger partial charge < -0.3 is 5.32 Å². The predicted octanol–water partition coefficient (Wildman–Crippen LogP) is 3.70. The van der Waals surface area contributed by atoms with Crippen LogP contribution in [0.2, 0.25) is 0 Å². The molecule has 114 valence electrons. The summed E-state index contributed by atoms with van der Waals surface area (Å²) in [7, 11) is 0. The Kier molecular flexibility index (Phi) is 4.56. The molecule has 1 amide bonds. The number of amides is 1. The van der Waals surface area contributed by atoms with Crippen LogP contribution in [0.5, 0.6) is 0 Å². The van der Waals surface area contributed by atoms with Gasteiger partial charge in [-0.05, 0) is 49.1 Å². The summed E-state index contributed by atoms with van der Waals surface area (Å²) in [6.07, 6.45) is 0.275. The number of carbonyl (C=O) groups is 1. The van der Waals surface area contributed by atoms with E-state index in [9.17, 15) is 14.9 Å². The number of non-ortho nitro benzene ring substituents is 1. The van der Waals surface area contributed by atoms with Crippen molar-refractivity contribution < 1.29 is 9.72 Å². The van der Waals surface area contributed by atoms with Crippen molar-refractivity contribution in [3.63, 3.8) is 0 Å². The Hall–Kier alpha value is -2.69. The SMILES string of the molecule is Cc1ccc(CC(=O)Nc2ccc([N+](=O)[O-])cc2C)cc1C. The van der Waals surface area contributed by atoms with Gasteiger partial charge in [-0.15, -0.1) is 0 Å². The number of hydrogen-bond acceptors (Lipinski definition) is 3. The second-order valence-electron chi connectivity index (χ2n) is 5.40. The van der Waals surface area contributed by atoms with Crippen molar-refractivity contribution in [1.82, 2.24) is 0 Å². The number of benzene rings is 2. The molecule has 5 heteroatoms. The standard InChI is InChI=1S/C17H18N2O3/c1-11-4-5-14(8-12(11)2)10-17(20)18-16-7-6-15(19(21)22)9-13(16)3/h4-9H,10H2,1-3H3,(H,18,20). The summed E-state index contributed by atoms with van der Waals surface area (Å²) in [5.41, 5.74) is 4.57. The number of nitrogens with one attached hydrogen (secondary N) is 1. The van der Waals surface area contributed by atoms with Gasteiger partial charge in [-0.3, -0.25) is 14.9 Å². The number of nitro benzene ring substituents is 1. The van der Waals surface area contributed by atoms with Crippen LogP contribution in [0.1, 0.15) is 22.3 Å². The molecular formula is C17H18N2O3. The van der Waals surface area contributed by atoms with E-state index >= 15 is 0 Å². The summed E-state index contributed by atoms with van der Waals surface area (Å²) in [5.74, 6) is -0.139. The van der Waals surface area contributed by atoms with Crippen LogP contribution >= 0.6 is 0 Å². The fraction of sp³-hybridized carbons (Fsp3) is 0.235. The van der Waals surface area contributed by atoms with Crippen LogP contribution in [0.3, 0.4) is 0 Å². The van der Waals surface area contributed by atoms with Gasteiger partial charge in [0.25, 0.3) is 5.69 Å². The fourth-order valence-corrected chi connectivity index (χ4v) is 2.19. The van der Waals surface area contributed by atoms with Gasteiger partial charge in [-0.1, -0.05) is 18.2 Å². The van der Waals surface area contributed by atoms with E-state index in [1.165, 1.54) is 17.7 Å². The maximum absolute atomic E-state index is 12.1. The first-order valence-corrected chi connectivity index (χ1v) is 6.98. The fourth-order valence-electron chi connectivity index (χ4n) is 2.19. The molecule has 22 heavy (non-hydrogen) atoms. The average Bonchev–Trinajstić information content (AvgIpc) is 2.45. The smallest absolute Gasteiger partial charge is 0.269 e. The summed E-state index contributed by atoms with van der Waals surface area (Å²) in [6, 6.07) is 10.3. The minimum absolute atomic E-state index is 0.0182. The quantitative estimate of drug-likeness (QED) is 0.691.